The number of nitrogens with zero attached hydrogens (tertiary/aromatic N) is 5. The van der Waals surface area contributed by atoms with Gasteiger partial charge in [-0.05, 0) is 97.1 Å². The van der Waals surface area contributed by atoms with Crippen molar-refractivity contribution in [1.82, 2.24) is 30.2 Å². The average molecular weight is 579 g/mol. The first-order chi connectivity index (χ1) is 18.7. The van der Waals surface area contributed by atoms with Crippen LogP contribution >= 0.6 is 11.6 Å². The Balaban J connectivity index is 0.000000218. The smallest absolute Gasteiger partial charge is 0.410 e. The summed E-state index contributed by atoms with van der Waals surface area (Å²) in [6, 6.07) is 3.60. The van der Waals surface area contributed by atoms with E-state index in [-0.39, 0.29) is 22.5 Å². The van der Waals surface area contributed by atoms with Gasteiger partial charge >= 0.3 is 6.09 Å². The van der Waals surface area contributed by atoms with Crippen LogP contribution in [0.25, 0.3) is 0 Å². The van der Waals surface area contributed by atoms with Crippen molar-refractivity contribution in [3.63, 3.8) is 0 Å². The van der Waals surface area contributed by atoms with E-state index in [1.165, 1.54) is 0 Å². The second-order valence-corrected chi connectivity index (χ2v) is 11.9. The lowest BCUT2D eigenvalue weighted by molar-refractivity contribution is 0.0176. The summed E-state index contributed by atoms with van der Waals surface area (Å²) in [4.78, 5) is 29.6. The van der Waals surface area contributed by atoms with Crippen LogP contribution in [0.5, 0.6) is 0 Å². The molecule has 0 bridgehead atoms. The molecule has 4 rings (SSSR count). The Morgan fingerprint density at radius 3 is 2.05 bits per heavy atom. The van der Waals surface area contributed by atoms with Gasteiger partial charge in [-0.15, -0.1) is 0 Å². The van der Waals surface area contributed by atoms with Crippen LogP contribution in [0.1, 0.15) is 60.3 Å². The summed E-state index contributed by atoms with van der Waals surface area (Å²) in [5.41, 5.74) is 5.55. The molecule has 0 spiro atoms. The van der Waals surface area contributed by atoms with Crippen molar-refractivity contribution < 1.29 is 9.53 Å². The van der Waals surface area contributed by atoms with E-state index < -0.39 is 5.60 Å². The zero-order valence-corrected chi connectivity index (χ0v) is 25.7. The molecule has 224 valence electrons. The normalized spacial score (nSPS) is 17.7. The van der Waals surface area contributed by atoms with E-state index in [2.05, 4.69) is 48.1 Å². The highest BCUT2D eigenvalue weighted by molar-refractivity contribution is 6.28. The van der Waals surface area contributed by atoms with Gasteiger partial charge in [-0.1, -0.05) is 0 Å². The number of hydrogen-bond donors (Lipinski definition) is 5. The van der Waals surface area contributed by atoms with Gasteiger partial charge in [0.25, 0.3) is 0 Å². The molecule has 0 unspecified atom stereocenters. The van der Waals surface area contributed by atoms with Gasteiger partial charge in [0.2, 0.25) is 11.2 Å². The fourth-order valence-electron chi connectivity index (χ4n) is 3.93. The van der Waals surface area contributed by atoms with Gasteiger partial charge < -0.3 is 36.6 Å². The topological polar surface area (TPSA) is 155 Å². The number of ether oxygens (including phenoxy) is 1. The molecule has 0 saturated carbocycles. The summed E-state index contributed by atoms with van der Waals surface area (Å²) in [6.45, 7) is 13.4. The van der Waals surface area contributed by atoms with Crippen LogP contribution in [0, 0.1) is 0 Å². The number of rotatable bonds is 4. The molecule has 2 fully saturated rings. The van der Waals surface area contributed by atoms with E-state index in [0.717, 1.165) is 50.4 Å². The van der Waals surface area contributed by atoms with Gasteiger partial charge in [0.05, 0.1) is 0 Å². The van der Waals surface area contributed by atoms with E-state index in [1.54, 1.807) is 30.4 Å². The second kappa shape index (κ2) is 15.2. The van der Waals surface area contributed by atoms with Crippen molar-refractivity contribution in [2.45, 2.75) is 77.0 Å². The molecule has 40 heavy (non-hydrogen) atoms. The number of halogens is 1. The molecule has 12 nitrogen and oxygen atoms in total. The van der Waals surface area contributed by atoms with Crippen molar-refractivity contribution >= 4 is 35.3 Å². The zero-order valence-electron chi connectivity index (χ0n) is 25.0. The first kappa shape index (κ1) is 33.2. The average Bonchev–Trinajstić information content (AvgIpc) is 2.88. The molecular weight excluding hydrogens is 532 g/mol. The van der Waals surface area contributed by atoms with Gasteiger partial charge in [0, 0.05) is 50.7 Å². The number of anilines is 3. The molecule has 6 N–H and O–H groups in total. The Morgan fingerprint density at radius 2 is 1.55 bits per heavy atom. The van der Waals surface area contributed by atoms with Crippen molar-refractivity contribution in [2.24, 2.45) is 5.73 Å². The number of piperidine rings is 2. The summed E-state index contributed by atoms with van der Waals surface area (Å²) in [5, 5.41) is 12.9. The molecule has 4 heterocycles. The Hall–Kier alpha value is -2.96. The van der Waals surface area contributed by atoms with Crippen LogP contribution in [0.15, 0.2) is 24.5 Å². The number of likely N-dealkylation sites (tertiary alicyclic amines) is 1. The van der Waals surface area contributed by atoms with E-state index in [9.17, 15) is 4.79 Å². The second-order valence-electron chi connectivity index (χ2n) is 11.5. The summed E-state index contributed by atoms with van der Waals surface area (Å²) < 4.78 is 5.29. The fraction of sp³-hybridized carbons (Fsp3) is 0.667. The molecule has 2 aromatic heterocycles. The Kier molecular flexibility index (Phi) is 12.6. The van der Waals surface area contributed by atoms with Gasteiger partial charge in [-0.25, -0.2) is 19.7 Å². The van der Waals surface area contributed by atoms with Crippen molar-refractivity contribution in [2.75, 3.05) is 56.2 Å². The highest BCUT2D eigenvalue weighted by Crippen LogP contribution is 2.22. The van der Waals surface area contributed by atoms with Crippen LogP contribution in [0.4, 0.5) is 22.4 Å². The third kappa shape index (κ3) is 12.5. The summed E-state index contributed by atoms with van der Waals surface area (Å²) >= 11 is 5.46. The number of aromatic nitrogens is 4. The summed E-state index contributed by atoms with van der Waals surface area (Å²) in [7, 11) is 3.64. The number of nitrogens with one attached hydrogen (secondary N) is 4. The molecule has 2 aliphatic rings. The monoisotopic (exact) mass is 578 g/mol. The van der Waals surface area contributed by atoms with Gasteiger partial charge in [0.1, 0.15) is 17.2 Å². The molecule has 0 atom stereocenters. The maximum absolute atomic E-state index is 11.7. The molecule has 13 heteroatoms. The Bertz CT molecular complexity index is 1050. The number of carbonyl (C=O) groups is 1. The van der Waals surface area contributed by atoms with E-state index in [1.807, 2.05) is 40.8 Å². The lowest BCUT2D eigenvalue weighted by Crippen LogP contribution is -2.50. The minimum atomic E-state index is -0.416. The highest BCUT2D eigenvalue weighted by Gasteiger charge is 2.30. The largest absolute Gasteiger partial charge is 0.444 e. The van der Waals surface area contributed by atoms with Gasteiger partial charge in [0.15, 0.2) is 0 Å². The summed E-state index contributed by atoms with van der Waals surface area (Å²) in [6.07, 6.45) is 7.02. The third-order valence-electron chi connectivity index (χ3n) is 6.47. The predicted octanol–water partition coefficient (Wildman–Crippen LogP) is 3.98. The lowest BCUT2D eigenvalue weighted by atomic mass is 9.91. The van der Waals surface area contributed by atoms with Crippen LogP contribution < -0.4 is 27.0 Å². The molecule has 1 amide bonds. The third-order valence-corrected chi connectivity index (χ3v) is 6.65. The van der Waals surface area contributed by atoms with Crippen LogP contribution in [-0.4, -0.2) is 87.9 Å². The van der Waals surface area contributed by atoms with Crippen LogP contribution in [0.2, 0.25) is 5.28 Å². The maximum atomic E-state index is 11.7. The van der Waals surface area contributed by atoms with E-state index in [0.29, 0.717) is 19.0 Å². The van der Waals surface area contributed by atoms with E-state index in [4.69, 9.17) is 22.1 Å². The standard InChI is InChI=1S/C11H19N5.C11H22N2O2.C5H6ClN3/c1-11(4-7-13-8-5-11)16-10-14-6-3-9(12-2)15-10;1-10(2,3)15-9(14)13-7-5-11(4,12)6-8-13;1-7-4-2-3-8-5(6)9-4/h3,6,13H,4-5,7-8H2,1-2H3,(H2,12,14,15,16);5-8,12H2,1-4H3;2-3H,1H3,(H,7,8,9). The Morgan fingerprint density at radius 1 is 1.00 bits per heavy atom. The number of hydrogen-bond acceptors (Lipinski definition) is 11. The SMILES string of the molecule is CC1(N)CCN(C(=O)OC(C)(C)C)CC1.CNc1ccnc(Cl)n1.CNc1ccnc(NC2(C)CCNCC2)n1. The molecule has 2 saturated heterocycles. The minimum absolute atomic E-state index is 0.109. The molecule has 2 aromatic rings. The van der Waals surface area contributed by atoms with Crippen molar-refractivity contribution in [1.29, 1.82) is 0 Å². The molecule has 0 aromatic carbocycles. The van der Waals surface area contributed by atoms with Crippen molar-refractivity contribution in [3.05, 3.63) is 29.8 Å². The highest BCUT2D eigenvalue weighted by atomic mass is 35.5. The predicted molar refractivity (Wildman–Crippen MR) is 162 cm³/mol. The number of carbonyl (C=O) groups excluding carboxylic acids is 1. The lowest BCUT2D eigenvalue weighted by Gasteiger charge is -2.37. The number of amides is 1. The quantitative estimate of drug-likeness (QED) is 0.334. The molecular formula is C27H47ClN10O2. The van der Waals surface area contributed by atoms with Gasteiger partial charge in [-0.2, -0.15) is 4.98 Å². The van der Waals surface area contributed by atoms with Gasteiger partial charge in [-0.3, -0.25) is 0 Å². The first-order valence-corrected chi connectivity index (χ1v) is 14.0. The Labute approximate surface area is 243 Å². The molecule has 0 radical (unpaired) electrons. The van der Waals surface area contributed by atoms with Crippen molar-refractivity contribution in [3.8, 4) is 0 Å². The van der Waals surface area contributed by atoms with E-state index >= 15 is 0 Å². The number of nitrogens with two attached hydrogens (primary N) is 1. The van der Waals surface area contributed by atoms with Crippen LogP contribution in [-0.2, 0) is 4.74 Å². The zero-order chi connectivity index (χ0) is 29.8. The molecule has 0 aliphatic carbocycles. The van der Waals surface area contributed by atoms with Crippen LogP contribution in [0.3, 0.4) is 0 Å². The fourth-order valence-corrected chi connectivity index (χ4v) is 4.08. The maximum Gasteiger partial charge on any atom is 0.410 e. The first-order valence-electron chi connectivity index (χ1n) is 13.7. The summed E-state index contributed by atoms with van der Waals surface area (Å²) in [5.74, 6) is 2.28. The minimum Gasteiger partial charge on any atom is -0.444 e. The molecule has 2 aliphatic heterocycles.